The molecule has 1 aromatic carbocycles. The van der Waals surface area contributed by atoms with E-state index in [0.29, 0.717) is 12.3 Å². The molecule has 100 valence electrons. The summed E-state index contributed by atoms with van der Waals surface area (Å²) in [5, 5.41) is 7.04. The Balaban J connectivity index is 2.08. The molecule has 2 nitrogen and oxygen atoms in total. The number of thiophene rings is 1. The first-order chi connectivity index (χ1) is 9.20. The molecule has 2 rings (SSSR count). The van der Waals surface area contributed by atoms with Crippen molar-refractivity contribution in [3.8, 4) is 0 Å². The zero-order valence-corrected chi connectivity index (χ0v) is 12.2. The number of rotatable bonds is 5. The number of carbonyl (C=O) groups excluding carboxylic acids is 1. The number of hydrogen-bond donors (Lipinski definition) is 1. The van der Waals surface area contributed by atoms with Gasteiger partial charge in [0.05, 0.1) is 6.42 Å². The first kappa shape index (κ1) is 13.8. The minimum Gasteiger partial charge on any atom is -0.326 e. The second kappa shape index (κ2) is 6.53. The molecule has 1 heterocycles. The molecule has 19 heavy (non-hydrogen) atoms. The fraction of sp³-hybridized carbons (Fsp3) is 0.312. The van der Waals surface area contributed by atoms with E-state index in [1.54, 1.807) is 11.3 Å². The van der Waals surface area contributed by atoms with Crippen LogP contribution >= 0.6 is 11.3 Å². The van der Waals surface area contributed by atoms with Gasteiger partial charge in [0.1, 0.15) is 0 Å². The molecule has 0 saturated heterocycles. The SMILES string of the molecule is CC[C@H](C)c1ccccc1NC(=O)Cc1ccsc1. The molecule has 2 aromatic rings. The van der Waals surface area contributed by atoms with E-state index in [-0.39, 0.29) is 5.91 Å². The molecule has 0 spiro atoms. The third kappa shape index (κ3) is 3.67. The van der Waals surface area contributed by atoms with E-state index in [0.717, 1.165) is 17.7 Å². The van der Waals surface area contributed by atoms with Crippen LogP contribution in [0.25, 0.3) is 0 Å². The lowest BCUT2D eigenvalue weighted by Crippen LogP contribution is -2.15. The van der Waals surface area contributed by atoms with Crippen LogP contribution in [0.1, 0.15) is 37.3 Å². The molecule has 1 N–H and O–H groups in total. The van der Waals surface area contributed by atoms with Gasteiger partial charge in [-0.2, -0.15) is 11.3 Å². The number of para-hydroxylation sites is 1. The van der Waals surface area contributed by atoms with Gasteiger partial charge < -0.3 is 5.32 Å². The number of carbonyl (C=O) groups is 1. The lowest BCUT2D eigenvalue weighted by Gasteiger charge is -2.15. The molecule has 1 atom stereocenters. The van der Waals surface area contributed by atoms with Crippen LogP contribution in [0, 0.1) is 0 Å². The Morgan fingerprint density at radius 3 is 2.79 bits per heavy atom. The standard InChI is InChI=1S/C16H19NOS/c1-3-12(2)14-6-4-5-7-15(14)17-16(18)10-13-8-9-19-11-13/h4-9,11-12H,3,10H2,1-2H3,(H,17,18)/t12-/m0/s1. The highest BCUT2D eigenvalue weighted by Crippen LogP contribution is 2.26. The van der Waals surface area contributed by atoms with Crippen molar-refractivity contribution in [1.82, 2.24) is 0 Å². The maximum absolute atomic E-state index is 12.0. The fourth-order valence-electron chi connectivity index (χ4n) is 2.03. The highest BCUT2D eigenvalue weighted by Gasteiger charge is 2.11. The van der Waals surface area contributed by atoms with Crippen LogP contribution in [-0.4, -0.2) is 5.91 Å². The number of nitrogens with one attached hydrogen (secondary N) is 1. The molecule has 0 saturated carbocycles. The minimum absolute atomic E-state index is 0.0501. The van der Waals surface area contributed by atoms with E-state index in [2.05, 4.69) is 25.2 Å². The van der Waals surface area contributed by atoms with E-state index in [9.17, 15) is 4.79 Å². The van der Waals surface area contributed by atoms with Crippen LogP contribution in [0.15, 0.2) is 41.1 Å². The van der Waals surface area contributed by atoms with E-state index < -0.39 is 0 Å². The molecule has 1 amide bonds. The van der Waals surface area contributed by atoms with Crippen LogP contribution in [-0.2, 0) is 11.2 Å². The Morgan fingerprint density at radius 2 is 2.11 bits per heavy atom. The first-order valence-electron chi connectivity index (χ1n) is 6.60. The van der Waals surface area contributed by atoms with E-state index in [1.807, 2.05) is 35.0 Å². The minimum atomic E-state index is 0.0501. The van der Waals surface area contributed by atoms with Gasteiger partial charge in [-0.15, -0.1) is 0 Å². The molecule has 0 fully saturated rings. The predicted molar refractivity (Wildman–Crippen MR) is 81.8 cm³/mol. The van der Waals surface area contributed by atoms with Crippen LogP contribution < -0.4 is 5.32 Å². The van der Waals surface area contributed by atoms with Gasteiger partial charge in [0.2, 0.25) is 5.91 Å². The Hall–Kier alpha value is -1.61. The van der Waals surface area contributed by atoms with Gasteiger partial charge in [-0.1, -0.05) is 32.0 Å². The maximum Gasteiger partial charge on any atom is 0.228 e. The summed E-state index contributed by atoms with van der Waals surface area (Å²) in [5.41, 5.74) is 3.23. The average Bonchev–Trinajstić information content (AvgIpc) is 2.91. The van der Waals surface area contributed by atoms with Crippen molar-refractivity contribution in [1.29, 1.82) is 0 Å². The van der Waals surface area contributed by atoms with Gasteiger partial charge in [-0.05, 0) is 46.4 Å². The quantitative estimate of drug-likeness (QED) is 0.857. The van der Waals surface area contributed by atoms with Crippen molar-refractivity contribution in [2.45, 2.75) is 32.6 Å². The summed E-state index contributed by atoms with van der Waals surface area (Å²) in [6.07, 6.45) is 1.51. The molecule has 0 unspecified atom stereocenters. The van der Waals surface area contributed by atoms with Crippen molar-refractivity contribution < 1.29 is 4.79 Å². The fourth-order valence-corrected chi connectivity index (χ4v) is 2.70. The second-order valence-corrected chi connectivity index (χ2v) is 5.53. The molecule has 0 aliphatic heterocycles. The van der Waals surface area contributed by atoms with Crippen molar-refractivity contribution in [2.75, 3.05) is 5.32 Å². The van der Waals surface area contributed by atoms with E-state index in [4.69, 9.17) is 0 Å². The third-order valence-corrected chi connectivity index (χ3v) is 4.06. The first-order valence-corrected chi connectivity index (χ1v) is 7.54. The monoisotopic (exact) mass is 273 g/mol. The summed E-state index contributed by atoms with van der Waals surface area (Å²) in [7, 11) is 0. The molecule has 3 heteroatoms. The Morgan fingerprint density at radius 1 is 1.32 bits per heavy atom. The van der Waals surface area contributed by atoms with Crippen LogP contribution in [0.4, 0.5) is 5.69 Å². The summed E-state index contributed by atoms with van der Waals surface area (Å²) in [5.74, 6) is 0.506. The zero-order valence-electron chi connectivity index (χ0n) is 11.3. The number of benzene rings is 1. The molecule has 0 bridgehead atoms. The Kier molecular flexibility index (Phi) is 4.74. The summed E-state index contributed by atoms with van der Waals surface area (Å²) in [4.78, 5) is 12.0. The topological polar surface area (TPSA) is 29.1 Å². The van der Waals surface area contributed by atoms with Gasteiger partial charge in [0, 0.05) is 5.69 Å². The predicted octanol–water partition coefficient (Wildman–Crippen LogP) is 4.44. The van der Waals surface area contributed by atoms with Crippen molar-refractivity contribution >= 4 is 22.9 Å². The highest BCUT2D eigenvalue weighted by atomic mass is 32.1. The molecule has 1 aromatic heterocycles. The Labute approximate surface area is 118 Å². The normalized spacial score (nSPS) is 12.1. The molecular formula is C16H19NOS. The van der Waals surface area contributed by atoms with Gasteiger partial charge in [0.25, 0.3) is 0 Å². The average molecular weight is 273 g/mol. The van der Waals surface area contributed by atoms with Crippen molar-refractivity contribution in [3.63, 3.8) is 0 Å². The zero-order chi connectivity index (χ0) is 13.7. The summed E-state index contributed by atoms with van der Waals surface area (Å²) >= 11 is 1.62. The number of anilines is 1. The third-order valence-electron chi connectivity index (χ3n) is 3.32. The van der Waals surface area contributed by atoms with Gasteiger partial charge in [0.15, 0.2) is 0 Å². The summed E-state index contributed by atoms with van der Waals surface area (Å²) < 4.78 is 0. The largest absolute Gasteiger partial charge is 0.326 e. The van der Waals surface area contributed by atoms with Crippen molar-refractivity contribution in [2.24, 2.45) is 0 Å². The maximum atomic E-state index is 12.0. The summed E-state index contributed by atoms with van der Waals surface area (Å²) in [6, 6.07) is 10.0. The lowest BCUT2D eigenvalue weighted by molar-refractivity contribution is -0.115. The molecule has 0 aliphatic carbocycles. The van der Waals surface area contributed by atoms with Crippen molar-refractivity contribution in [3.05, 3.63) is 52.2 Å². The van der Waals surface area contributed by atoms with E-state index in [1.165, 1.54) is 5.56 Å². The Bertz CT molecular complexity index is 533. The van der Waals surface area contributed by atoms with E-state index >= 15 is 0 Å². The summed E-state index contributed by atoms with van der Waals surface area (Å²) in [6.45, 7) is 4.35. The highest BCUT2D eigenvalue weighted by molar-refractivity contribution is 7.08. The number of amides is 1. The van der Waals surface area contributed by atoms with Gasteiger partial charge >= 0.3 is 0 Å². The molecule has 0 radical (unpaired) electrons. The molecule has 0 aliphatic rings. The van der Waals surface area contributed by atoms with Gasteiger partial charge in [-0.25, -0.2) is 0 Å². The van der Waals surface area contributed by atoms with Crippen LogP contribution in [0.3, 0.4) is 0 Å². The van der Waals surface area contributed by atoms with Gasteiger partial charge in [-0.3, -0.25) is 4.79 Å². The smallest absolute Gasteiger partial charge is 0.228 e. The lowest BCUT2D eigenvalue weighted by atomic mass is 9.97. The van der Waals surface area contributed by atoms with Crippen LogP contribution in [0.5, 0.6) is 0 Å². The molecular weight excluding hydrogens is 254 g/mol. The van der Waals surface area contributed by atoms with Crippen LogP contribution in [0.2, 0.25) is 0 Å². The number of hydrogen-bond acceptors (Lipinski definition) is 2. The second-order valence-electron chi connectivity index (χ2n) is 4.75.